The van der Waals surface area contributed by atoms with Crippen molar-refractivity contribution in [2.75, 3.05) is 20.1 Å². The quantitative estimate of drug-likeness (QED) is 0.540. The molecule has 130 valence electrons. The van der Waals surface area contributed by atoms with Crippen molar-refractivity contribution < 1.29 is 0 Å². The van der Waals surface area contributed by atoms with Gasteiger partial charge in [0, 0.05) is 0 Å². The van der Waals surface area contributed by atoms with E-state index < -0.39 is 0 Å². The number of hydrogen-bond donors (Lipinski definition) is 0. The molecule has 22 heavy (non-hydrogen) atoms. The van der Waals surface area contributed by atoms with Crippen molar-refractivity contribution in [3.05, 3.63) is 0 Å². The van der Waals surface area contributed by atoms with Gasteiger partial charge in [0.1, 0.15) is 0 Å². The van der Waals surface area contributed by atoms with Crippen molar-refractivity contribution in [1.29, 1.82) is 0 Å². The van der Waals surface area contributed by atoms with Crippen LogP contribution in [-0.4, -0.2) is 25.0 Å². The molecule has 0 spiro atoms. The maximum absolute atomic E-state index is 2.57. The fourth-order valence-corrected chi connectivity index (χ4v) is 4.81. The van der Waals surface area contributed by atoms with Gasteiger partial charge in [0.15, 0.2) is 0 Å². The van der Waals surface area contributed by atoms with Crippen LogP contribution in [0.4, 0.5) is 0 Å². The van der Waals surface area contributed by atoms with E-state index in [1.807, 2.05) is 0 Å². The third-order valence-corrected chi connectivity index (χ3v) is 6.30. The van der Waals surface area contributed by atoms with E-state index in [9.17, 15) is 0 Å². The summed E-state index contributed by atoms with van der Waals surface area (Å²) < 4.78 is 0. The van der Waals surface area contributed by atoms with Gasteiger partial charge in [0.05, 0.1) is 0 Å². The van der Waals surface area contributed by atoms with Crippen LogP contribution in [0.15, 0.2) is 0 Å². The number of rotatable bonds is 1. The van der Waals surface area contributed by atoms with E-state index in [-0.39, 0.29) is 0 Å². The first-order valence-corrected chi connectivity index (χ1v) is 10.5. The molecule has 1 heterocycles. The van der Waals surface area contributed by atoms with Crippen molar-refractivity contribution in [3.8, 4) is 0 Å². The second-order valence-electron chi connectivity index (χ2n) is 8.22. The lowest BCUT2D eigenvalue weighted by Gasteiger charge is -2.29. The maximum atomic E-state index is 2.57. The molecule has 0 radical (unpaired) electrons. The van der Waals surface area contributed by atoms with Gasteiger partial charge in [0.2, 0.25) is 0 Å². The van der Waals surface area contributed by atoms with E-state index in [2.05, 4.69) is 11.9 Å². The molecule has 1 unspecified atom stereocenters. The largest absolute Gasteiger partial charge is 0.306 e. The molecule has 1 saturated heterocycles. The van der Waals surface area contributed by atoms with Crippen LogP contribution >= 0.6 is 0 Å². The van der Waals surface area contributed by atoms with Crippen LogP contribution in [0.1, 0.15) is 103 Å². The zero-order valence-corrected chi connectivity index (χ0v) is 15.3. The van der Waals surface area contributed by atoms with E-state index in [0.29, 0.717) is 0 Å². The molecule has 2 fully saturated rings. The summed E-state index contributed by atoms with van der Waals surface area (Å²) in [5.41, 5.74) is 0. The van der Waals surface area contributed by atoms with E-state index in [0.717, 1.165) is 11.8 Å². The SMILES string of the molecule is CN1CCCCCC(C2CCCCCCCCCC2)CCC1. The summed E-state index contributed by atoms with van der Waals surface area (Å²) in [4.78, 5) is 2.57. The highest BCUT2D eigenvalue weighted by Crippen LogP contribution is 2.33. The van der Waals surface area contributed by atoms with Gasteiger partial charge in [-0.15, -0.1) is 0 Å². The Bertz CT molecular complexity index is 251. The zero-order chi connectivity index (χ0) is 15.5. The molecule has 1 saturated carbocycles. The summed E-state index contributed by atoms with van der Waals surface area (Å²) >= 11 is 0. The van der Waals surface area contributed by atoms with Crippen LogP contribution in [-0.2, 0) is 0 Å². The molecule has 0 bridgehead atoms. The van der Waals surface area contributed by atoms with E-state index >= 15 is 0 Å². The summed E-state index contributed by atoms with van der Waals surface area (Å²) in [6.07, 6.45) is 24.0. The van der Waals surface area contributed by atoms with E-state index in [1.54, 1.807) is 12.8 Å². The van der Waals surface area contributed by atoms with Crippen molar-refractivity contribution in [2.24, 2.45) is 11.8 Å². The van der Waals surface area contributed by atoms with E-state index in [1.165, 1.54) is 103 Å². The van der Waals surface area contributed by atoms with Crippen molar-refractivity contribution >= 4 is 0 Å². The van der Waals surface area contributed by atoms with Crippen molar-refractivity contribution in [2.45, 2.75) is 103 Å². The minimum absolute atomic E-state index is 1.05. The van der Waals surface area contributed by atoms with Crippen LogP contribution < -0.4 is 0 Å². The first-order chi connectivity index (χ1) is 10.9. The molecule has 0 amide bonds. The van der Waals surface area contributed by atoms with Crippen LogP contribution in [0.2, 0.25) is 0 Å². The Morgan fingerprint density at radius 3 is 1.36 bits per heavy atom. The highest BCUT2D eigenvalue weighted by Gasteiger charge is 2.21. The Morgan fingerprint density at radius 1 is 0.455 bits per heavy atom. The zero-order valence-electron chi connectivity index (χ0n) is 15.3. The standard InChI is InChI=1S/C21H41N/c1-22-18-12-8-11-16-21(17-13-19-22)20-14-9-6-4-2-3-5-7-10-15-20/h20-21H,2-19H2,1H3. The van der Waals surface area contributed by atoms with Crippen molar-refractivity contribution in [1.82, 2.24) is 4.90 Å². The molecule has 0 aromatic carbocycles. The maximum Gasteiger partial charge on any atom is -0.00217 e. The molecule has 2 rings (SSSR count). The lowest BCUT2D eigenvalue weighted by molar-refractivity contribution is 0.215. The molecule has 0 aromatic rings. The third-order valence-electron chi connectivity index (χ3n) is 6.30. The molecule has 1 nitrogen and oxygen atoms in total. The smallest absolute Gasteiger partial charge is 0.00217 e. The fourth-order valence-electron chi connectivity index (χ4n) is 4.81. The van der Waals surface area contributed by atoms with Crippen LogP contribution in [0.25, 0.3) is 0 Å². The predicted molar refractivity (Wildman–Crippen MR) is 98.3 cm³/mol. The van der Waals surface area contributed by atoms with Gasteiger partial charge in [-0.1, -0.05) is 83.5 Å². The van der Waals surface area contributed by atoms with Crippen LogP contribution in [0.5, 0.6) is 0 Å². The highest BCUT2D eigenvalue weighted by atomic mass is 15.1. The normalized spacial score (nSPS) is 29.6. The minimum atomic E-state index is 1.05. The van der Waals surface area contributed by atoms with Gasteiger partial charge < -0.3 is 4.90 Å². The Labute approximate surface area is 140 Å². The Morgan fingerprint density at radius 2 is 0.818 bits per heavy atom. The summed E-state index contributed by atoms with van der Waals surface area (Å²) in [5.74, 6) is 2.11. The Hall–Kier alpha value is -0.0400. The second-order valence-corrected chi connectivity index (χ2v) is 8.22. The van der Waals surface area contributed by atoms with Crippen molar-refractivity contribution in [3.63, 3.8) is 0 Å². The lowest BCUT2D eigenvalue weighted by Crippen LogP contribution is -2.24. The molecule has 1 aliphatic heterocycles. The first kappa shape index (κ1) is 18.3. The molecular weight excluding hydrogens is 266 g/mol. The summed E-state index contributed by atoms with van der Waals surface area (Å²) in [6, 6.07) is 0. The number of hydrogen-bond acceptors (Lipinski definition) is 1. The second kappa shape index (κ2) is 11.5. The average Bonchev–Trinajstić information content (AvgIpc) is 2.58. The molecule has 0 N–H and O–H groups in total. The van der Waals surface area contributed by atoms with Gasteiger partial charge in [-0.2, -0.15) is 0 Å². The molecule has 1 atom stereocenters. The van der Waals surface area contributed by atoms with Gasteiger partial charge in [-0.3, -0.25) is 0 Å². The van der Waals surface area contributed by atoms with E-state index in [4.69, 9.17) is 0 Å². The fraction of sp³-hybridized carbons (Fsp3) is 1.00. The van der Waals surface area contributed by atoms with Crippen LogP contribution in [0.3, 0.4) is 0 Å². The molecule has 1 heteroatoms. The first-order valence-electron chi connectivity index (χ1n) is 10.5. The van der Waals surface area contributed by atoms with Gasteiger partial charge >= 0.3 is 0 Å². The summed E-state index contributed by atoms with van der Waals surface area (Å²) in [6.45, 7) is 2.66. The van der Waals surface area contributed by atoms with Gasteiger partial charge in [-0.05, 0) is 51.2 Å². The number of nitrogens with zero attached hydrogens (tertiary/aromatic N) is 1. The predicted octanol–water partition coefficient (Wildman–Crippen LogP) is 6.42. The van der Waals surface area contributed by atoms with Gasteiger partial charge in [0.25, 0.3) is 0 Å². The Balaban J connectivity index is 1.84. The highest BCUT2D eigenvalue weighted by molar-refractivity contribution is 4.74. The lowest BCUT2D eigenvalue weighted by atomic mass is 9.78. The molecule has 2 aliphatic rings. The molecule has 1 aliphatic carbocycles. The minimum Gasteiger partial charge on any atom is -0.306 e. The average molecular weight is 308 g/mol. The van der Waals surface area contributed by atoms with Gasteiger partial charge in [-0.25, -0.2) is 0 Å². The van der Waals surface area contributed by atoms with Crippen LogP contribution in [0, 0.1) is 11.8 Å². The summed E-state index contributed by atoms with van der Waals surface area (Å²) in [5, 5.41) is 0. The topological polar surface area (TPSA) is 3.24 Å². The monoisotopic (exact) mass is 307 g/mol. The third kappa shape index (κ3) is 7.49. The molecular formula is C21H41N. The Kier molecular flexibility index (Phi) is 9.56. The summed E-state index contributed by atoms with van der Waals surface area (Å²) in [7, 11) is 2.32. The molecule has 0 aromatic heterocycles.